The van der Waals surface area contributed by atoms with E-state index in [1.54, 1.807) is 4.90 Å². The third-order valence-corrected chi connectivity index (χ3v) is 6.38. The van der Waals surface area contributed by atoms with Crippen LogP contribution < -0.4 is 10.5 Å². The van der Waals surface area contributed by atoms with E-state index >= 15 is 0 Å². The van der Waals surface area contributed by atoms with Crippen LogP contribution in [0.25, 0.3) is 5.65 Å². The minimum Gasteiger partial charge on any atom is -0.355 e. The Morgan fingerprint density at radius 2 is 1.72 bits per heavy atom. The van der Waals surface area contributed by atoms with E-state index in [0.717, 1.165) is 43.2 Å². The lowest BCUT2D eigenvalue weighted by Gasteiger charge is -2.31. The van der Waals surface area contributed by atoms with Gasteiger partial charge in [0.15, 0.2) is 11.5 Å². The summed E-state index contributed by atoms with van der Waals surface area (Å²) in [4.78, 5) is 29.0. The number of amides is 1. The standard InChI is InChI=1S/C22H28N8O2/c1-15(2)29-20(31)8-5-17(25-29)22(32)28-13-9-16(10-14-28)21-24-23-18-6-7-19(26-30(18)21)27-11-3-4-12-27/h5-8,15-16H,3-4,9-14H2,1-2H3. The average Bonchev–Trinajstić information content (AvgIpc) is 3.49. The van der Waals surface area contributed by atoms with Crippen molar-refractivity contribution in [2.75, 3.05) is 31.1 Å². The average molecular weight is 437 g/mol. The van der Waals surface area contributed by atoms with E-state index in [1.807, 2.05) is 30.5 Å². The van der Waals surface area contributed by atoms with Crippen LogP contribution in [0.3, 0.4) is 0 Å². The number of piperidine rings is 1. The zero-order valence-electron chi connectivity index (χ0n) is 18.5. The number of hydrogen-bond donors (Lipinski definition) is 0. The molecule has 0 N–H and O–H groups in total. The van der Waals surface area contributed by atoms with Crippen molar-refractivity contribution in [1.29, 1.82) is 0 Å². The minimum absolute atomic E-state index is 0.0971. The number of rotatable bonds is 4. The van der Waals surface area contributed by atoms with Crippen LogP contribution in [0.15, 0.2) is 29.1 Å². The summed E-state index contributed by atoms with van der Waals surface area (Å²) in [5.41, 5.74) is 0.859. The van der Waals surface area contributed by atoms with Crippen LogP contribution in [0.4, 0.5) is 5.82 Å². The van der Waals surface area contributed by atoms with E-state index in [9.17, 15) is 9.59 Å². The molecule has 5 heterocycles. The van der Waals surface area contributed by atoms with Crippen LogP contribution >= 0.6 is 0 Å². The van der Waals surface area contributed by atoms with Crippen molar-refractivity contribution in [3.05, 3.63) is 46.1 Å². The Kier molecular flexibility index (Phi) is 5.36. The number of likely N-dealkylation sites (tertiary alicyclic amines) is 1. The van der Waals surface area contributed by atoms with Crippen molar-refractivity contribution < 1.29 is 4.79 Å². The zero-order chi connectivity index (χ0) is 22.2. The molecule has 0 radical (unpaired) electrons. The topological polar surface area (TPSA) is 102 Å². The quantitative estimate of drug-likeness (QED) is 0.615. The molecule has 3 aromatic heterocycles. The summed E-state index contributed by atoms with van der Waals surface area (Å²) in [5.74, 6) is 1.88. The molecular formula is C22H28N8O2. The molecule has 10 heteroatoms. The van der Waals surface area contributed by atoms with Gasteiger partial charge in [0.05, 0.1) is 6.04 Å². The van der Waals surface area contributed by atoms with E-state index in [0.29, 0.717) is 18.8 Å². The van der Waals surface area contributed by atoms with Gasteiger partial charge in [0.1, 0.15) is 11.5 Å². The molecule has 2 saturated heterocycles. The molecule has 0 saturated carbocycles. The summed E-state index contributed by atoms with van der Waals surface area (Å²) in [6, 6.07) is 6.83. The van der Waals surface area contributed by atoms with Crippen molar-refractivity contribution in [3.8, 4) is 0 Å². The smallest absolute Gasteiger partial charge is 0.274 e. The van der Waals surface area contributed by atoms with Gasteiger partial charge in [-0.05, 0) is 57.7 Å². The van der Waals surface area contributed by atoms with Crippen LogP contribution in [-0.2, 0) is 0 Å². The summed E-state index contributed by atoms with van der Waals surface area (Å²) in [6.07, 6.45) is 3.97. The number of aromatic nitrogens is 6. The van der Waals surface area contributed by atoms with Crippen LogP contribution in [-0.4, -0.2) is 66.6 Å². The van der Waals surface area contributed by atoms with E-state index in [4.69, 9.17) is 5.10 Å². The number of carbonyl (C=O) groups excluding carboxylic acids is 1. The number of nitrogens with zero attached hydrogens (tertiary/aromatic N) is 8. The first-order valence-electron chi connectivity index (χ1n) is 11.4. The molecule has 2 aliphatic heterocycles. The highest BCUT2D eigenvalue weighted by molar-refractivity contribution is 5.92. The molecule has 2 aliphatic rings. The first-order valence-corrected chi connectivity index (χ1v) is 11.4. The third-order valence-electron chi connectivity index (χ3n) is 6.38. The molecule has 0 aromatic carbocycles. The van der Waals surface area contributed by atoms with Gasteiger partial charge >= 0.3 is 0 Å². The summed E-state index contributed by atoms with van der Waals surface area (Å²) in [7, 11) is 0. The molecule has 0 unspecified atom stereocenters. The Bertz CT molecular complexity index is 1190. The van der Waals surface area contributed by atoms with Crippen LogP contribution in [0.2, 0.25) is 0 Å². The Labute approximate surface area is 185 Å². The van der Waals surface area contributed by atoms with E-state index in [-0.39, 0.29) is 23.4 Å². The van der Waals surface area contributed by atoms with Gasteiger partial charge in [-0.15, -0.1) is 15.3 Å². The Morgan fingerprint density at radius 1 is 0.969 bits per heavy atom. The molecule has 0 spiro atoms. The molecule has 0 atom stereocenters. The number of anilines is 1. The van der Waals surface area contributed by atoms with Gasteiger partial charge in [-0.3, -0.25) is 9.59 Å². The number of hydrogen-bond acceptors (Lipinski definition) is 7. The van der Waals surface area contributed by atoms with Crippen molar-refractivity contribution in [2.45, 2.75) is 51.5 Å². The summed E-state index contributed by atoms with van der Waals surface area (Å²) in [6.45, 7) is 7.03. The number of carbonyl (C=O) groups is 1. The maximum atomic E-state index is 13.0. The first-order chi connectivity index (χ1) is 15.5. The molecule has 0 aliphatic carbocycles. The summed E-state index contributed by atoms with van der Waals surface area (Å²) >= 11 is 0. The molecule has 10 nitrogen and oxygen atoms in total. The van der Waals surface area contributed by atoms with E-state index in [1.165, 1.54) is 29.7 Å². The highest BCUT2D eigenvalue weighted by atomic mass is 16.2. The van der Waals surface area contributed by atoms with Gasteiger partial charge in [0, 0.05) is 38.2 Å². The van der Waals surface area contributed by atoms with E-state index < -0.39 is 0 Å². The lowest BCUT2D eigenvalue weighted by molar-refractivity contribution is 0.0701. The maximum absolute atomic E-state index is 13.0. The fraction of sp³-hybridized carbons (Fsp3) is 0.545. The van der Waals surface area contributed by atoms with E-state index in [2.05, 4.69) is 20.2 Å². The molecule has 0 bridgehead atoms. The highest BCUT2D eigenvalue weighted by Crippen LogP contribution is 2.28. The summed E-state index contributed by atoms with van der Waals surface area (Å²) in [5, 5.41) is 17.8. The van der Waals surface area contributed by atoms with Gasteiger partial charge < -0.3 is 9.80 Å². The molecule has 3 aromatic rings. The zero-order valence-corrected chi connectivity index (χ0v) is 18.5. The molecule has 32 heavy (non-hydrogen) atoms. The summed E-state index contributed by atoms with van der Waals surface area (Å²) < 4.78 is 3.22. The second-order valence-corrected chi connectivity index (χ2v) is 8.88. The third kappa shape index (κ3) is 3.74. The van der Waals surface area contributed by atoms with Crippen LogP contribution in [0.1, 0.15) is 67.8 Å². The monoisotopic (exact) mass is 436 g/mol. The maximum Gasteiger partial charge on any atom is 0.274 e. The van der Waals surface area contributed by atoms with Gasteiger partial charge in [-0.1, -0.05) is 0 Å². The fourth-order valence-corrected chi connectivity index (χ4v) is 4.58. The van der Waals surface area contributed by atoms with Crippen molar-refractivity contribution in [3.63, 3.8) is 0 Å². The first kappa shape index (κ1) is 20.6. The van der Waals surface area contributed by atoms with Gasteiger partial charge in [-0.25, -0.2) is 4.68 Å². The number of fused-ring (bicyclic) bond motifs is 1. The largest absolute Gasteiger partial charge is 0.355 e. The molecule has 168 valence electrons. The normalized spacial score (nSPS) is 17.6. The SMILES string of the molecule is CC(C)n1nc(C(=O)N2CCC(c3nnc4ccc(N5CCCC5)nn34)CC2)ccc1=O. The van der Waals surface area contributed by atoms with Gasteiger partial charge in [0.2, 0.25) is 0 Å². The van der Waals surface area contributed by atoms with Crippen molar-refractivity contribution in [2.24, 2.45) is 0 Å². The highest BCUT2D eigenvalue weighted by Gasteiger charge is 2.29. The Balaban J connectivity index is 1.31. The van der Waals surface area contributed by atoms with Crippen LogP contribution in [0.5, 0.6) is 0 Å². The predicted molar refractivity (Wildman–Crippen MR) is 119 cm³/mol. The Hall–Kier alpha value is -3.30. The van der Waals surface area contributed by atoms with Gasteiger partial charge in [0.25, 0.3) is 11.5 Å². The lowest BCUT2D eigenvalue weighted by atomic mass is 9.96. The minimum atomic E-state index is -0.199. The van der Waals surface area contributed by atoms with Gasteiger partial charge in [-0.2, -0.15) is 9.61 Å². The second kappa shape index (κ2) is 8.33. The van der Waals surface area contributed by atoms with Crippen molar-refractivity contribution >= 4 is 17.4 Å². The molecule has 5 rings (SSSR count). The Morgan fingerprint density at radius 3 is 2.44 bits per heavy atom. The molecular weight excluding hydrogens is 408 g/mol. The lowest BCUT2D eigenvalue weighted by Crippen LogP contribution is -2.39. The molecule has 1 amide bonds. The second-order valence-electron chi connectivity index (χ2n) is 8.88. The molecule has 2 fully saturated rings. The predicted octanol–water partition coefficient (Wildman–Crippen LogP) is 1.88. The van der Waals surface area contributed by atoms with Crippen molar-refractivity contribution in [1.82, 2.24) is 34.5 Å². The fourth-order valence-electron chi connectivity index (χ4n) is 4.58. The van der Waals surface area contributed by atoms with Crippen LogP contribution in [0, 0.1) is 0 Å².